The average Bonchev–Trinajstić information content (AvgIpc) is 3.23. The molecule has 0 aliphatic carbocycles. The number of halogens is 2. The van der Waals surface area contributed by atoms with Crippen LogP contribution in [0.25, 0.3) is 0 Å². The summed E-state index contributed by atoms with van der Waals surface area (Å²) < 4.78 is 31.5. The second-order valence-electron chi connectivity index (χ2n) is 5.52. The summed E-state index contributed by atoms with van der Waals surface area (Å²) >= 11 is 1.65. The van der Waals surface area contributed by atoms with Crippen LogP contribution in [0.3, 0.4) is 0 Å². The van der Waals surface area contributed by atoms with Gasteiger partial charge in [0.2, 0.25) is 0 Å². The Kier molecular flexibility index (Phi) is 5.30. The van der Waals surface area contributed by atoms with Crippen molar-refractivity contribution in [1.29, 1.82) is 0 Å². The van der Waals surface area contributed by atoms with Crippen LogP contribution in [0.1, 0.15) is 23.8 Å². The zero-order valence-electron chi connectivity index (χ0n) is 13.0. The molecule has 0 bridgehead atoms. The summed E-state index contributed by atoms with van der Waals surface area (Å²) in [5, 5.41) is 4.80. The Hall–Kier alpha value is -2.15. The summed E-state index contributed by atoms with van der Waals surface area (Å²) in [5.41, 5.74) is 0. The lowest BCUT2D eigenvalue weighted by molar-refractivity contribution is 0.190. The third-order valence-corrected chi connectivity index (χ3v) is 4.89. The molecule has 3 rings (SSSR count). The van der Waals surface area contributed by atoms with Gasteiger partial charge in [0.05, 0.1) is 12.6 Å². The van der Waals surface area contributed by atoms with E-state index in [1.54, 1.807) is 11.3 Å². The third-order valence-electron chi connectivity index (χ3n) is 3.92. The fourth-order valence-electron chi connectivity index (χ4n) is 2.80. The third kappa shape index (κ3) is 3.84. The van der Waals surface area contributed by atoms with Gasteiger partial charge in [-0.05, 0) is 36.4 Å². The molecular formula is C17H18F2N2O2S. The van der Waals surface area contributed by atoms with Gasteiger partial charge in [-0.2, -0.15) is 0 Å². The van der Waals surface area contributed by atoms with Crippen LogP contribution < -0.4 is 10.1 Å². The number of thiophene rings is 1. The van der Waals surface area contributed by atoms with E-state index >= 15 is 0 Å². The van der Waals surface area contributed by atoms with E-state index in [-0.39, 0.29) is 31.0 Å². The normalized spacial score (nSPS) is 17.1. The zero-order chi connectivity index (χ0) is 16.9. The molecule has 2 aromatic rings. The van der Waals surface area contributed by atoms with Crippen molar-refractivity contribution in [2.45, 2.75) is 18.9 Å². The first kappa shape index (κ1) is 16.7. The van der Waals surface area contributed by atoms with Crippen LogP contribution in [0.5, 0.6) is 5.75 Å². The van der Waals surface area contributed by atoms with Gasteiger partial charge >= 0.3 is 6.03 Å². The number of rotatable bonds is 5. The van der Waals surface area contributed by atoms with E-state index in [1.807, 2.05) is 22.4 Å². The molecule has 0 radical (unpaired) electrons. The average molecular weight is 352 g/mol. The minimum absolute atomic E-state index is 0.0247. The van der Waals surface area contributed by atoms with Crippen molar-refractivity contribution in [3.8, 4) is 5.75 Å². The molecule has 1 fully saturated rings. The van der Waals surface area contributed by atoms with Crippen LogP contribution in [0, 0.1) is 11.6 Å². The predicted molar refractivity (Wildman–Crippen MR) is 88.3 cm³/mol. The number of ether oxygens (including phenoxy) is 1. The van der Waals surface area contributed by atoms with Gasteiger partial charge in [0.25, 0.3) is 0 Å². The predicted octanol–water partition coefficient (Wildman–Crippen LogP) is 3.95. The molecule has 1 N–H and O–H groups in total. The molecule has 1 aromatic carbocycles. The van der Waals surface area contributed by atoms with Crippen molar-refractivity contribution in [2.75, 3.05) is 19.7 Å². The first-order chi connectivity index (χ1) is 11.6. The highest BCUT2D eigenvalue weighted by Gasteiger charge is 2.30. The summed E-state index contributed by atoms with van der Waals surface area (Å²) in [4.78, 5) is 15.3. The van der Waals surface area contributed by atoms with Crippen molar-refractivity contribution in [1.82, 2.24) is 10.2 Å². The fourth-order valence-corrected chi connectivity index (χ4v) is 3.67. The van der Waals surface area contributed by atoms with Gasteiger partial charge in [-0.15, -0.1) is 11.3 Å². The number of carbonyl (C=O) groups is 1. The fraction of sp³-hybridized carbons (Fsp3) is 0.353. The summed E-state index contributed by atoms with van der Waals surface area (Å²) in [5.74, 6) is -1.43. The topological polar surface area (TPSA) is 41.6 Å². The molecule has 4 nitrogen and oxygen atoms in total. The summed E-state index contributed by atoms with van der Waals surface area (Å²) in [6.07, 6.45) is 1.94. The van der Waals surface area contributed by atoms with Gasteiger partial charge in [-0.1, -0.05) is 6.07 Å². The van der Waals surface area contributed by atoms with Crippen molar-refractivity contribution in [3.63, 3.8) is 0 Å². The Morgan fingerprint density at radius 2 is 2.25 bits per heavy atom. The van der Waals surface area contributed by atoms with E-state index < -0.39 is 11.6 Å². The smallest absolute Gasteiger partial charge is 0.318 e. The molecule has 0 spiro atoms. The largest absolute Gasteiger partial charge is 0.489 e. The number of amides is 2. The van der Waals surface area contributed by atoms with E-state index in [1.165, 1.54) is 10.9 Å². The standard InChI is InChI=1S/C17H18F2N2O2S/c18-12-5-6-15(13(19)11-12)23-9-7-20-17(22)21-8-1-3-14(21)16-4-2-10-24-16/h2,4-6,10-11,14H,1,3,7-9H2,(H,20,22). The van der Waals surface area contributed by atoms with Crippen LogP contribution >= 0.6 is 11.3 Å². The minimum atomic E-state index is -0.751. The van der Waals surface area contributed by atoms with Crippen LogP contribution in [0.2, 0.25) is 0 Å². The van der Waals surface area contributed by atoms with E-state index in [0.29, 0.717) is 0 Å². The van der Waals surface area contributed by atoms with Crippen molar-refractivity contribution >= 4 is 17.4 Å². The molecule has 24 heavy (non-hydrogen) atoms. The maximum atomic E-state index is 13.4. The molecule has 1 aliphatic heterocycles. The lowest BCUT2D eigenvalue weighted by atomic mass is 10.2. The van der Waals surface area contributed by atoms with Gasteiger partial charge in [-0.3, -0.25) is 0 Å². The van der Waals surface area contributed by atoms with Gasteiger partial charge < -0.3 is 15.0 Å². The number of nitrogens with zero attached hydrogens (tertiary/aromatic N) is 1. The van der Waals surface area contributed by atoms with Crippen LogP contribution in [-0.4, -0.2) is 30.6 Å². The number of benzene rings is 1. The Balaban J connectivity index is 1.47. The Morgan fingerprint density at radius 1 is 1.38 bits per heavy atom. The maximum Gasteiger partial charge on any atom is 0.318 e. The van der Waals surface area contributed by atoms with Crippen LogP contribution in [0.15, 0.2) is 35.7 Å². The molecule has 1 aromatic heterocycles. The highest BCUT2D eigenvalue weighted by molar-refractivity contribution is 7.10. The van der Waals surface area contributed by atoms with E-state index in [9.17, 15) is 13.6 Å². The zero-order valence-corrected chi connectivity index (χ0v) is 13.8. The second kappa shape index (κ2) is 7.61. The molecule has 128 valence electrons. The number of likely N-dealkylation sites (tertiary alicyclic amines) is 1. The number of urea groups is 1. The Morgan fingerprint density at radius 3 is 3.00 bits per heavy atom. The monoisotopic (exact) mass is 352 g/mol. The molecule has 0 saturated carbocycles. The molecule has 2 heterocycles. The molecule has 1 aliphatic rings. The lowest BCUT2D eigenvalue weighted by Crippen LogP contribution is -2.40. The van der Waals surface area contributed by atoms with E-state index in [4.69, 9.17) is 4.74 Å². The van der Waals surface area contributed by atoms with Gasteiger partial charge in [0.1, 0.15) is 12.4 Å². The van der Waals surface area contributed by atoms with Gasteiger partial charge in [0, 0.05) is 17.5 Å². The van der Waals surface area contributed by atoms with E-state index in [0.717, 1.165) is 31.5 Å². The summed E-state index contributed by atoms with van der Waals surface area (Å²) in [6, 6.07) is 7.14. The van der Waals surface area contributed by atoms with Gasteiger partial charge in [0.15, 0.2) is 11.6 Å². The highest BCUT2D eigenvalue weighted by atomic mass is 32.1. The van der Waals surface area contributed by atoms with E-state index in [2.05, 4.69) is 5.32 Å². The van der Waals surface area contributed by atoms with Crippen LogP contribution in [-0.2, 0) is 0 Å². The maximum absolute atomic E-state index is 13.4. The molecule has 7 heteroatoms. The lowest BCUT2D eigenvalue weighted by Gasteiger charge is -2.24. The number of hydrogen-bond acceptors (Lipinski definition) is 3. The second-order valence-corrected chi connectivity index (χ2v) is 6.50. The SMILES string of the molecule is O=C(NCCOc1ccc(F)cc1F)N1CCCC1c1cccs1. The van der Waals surface area contributed by atoms with Crippen molar-refractivity contribution in [3.05, 3.63) is 52.2 Å². The Labute approximate surface area is 143 Å². The van der Waals surface area contributed by atoms with Crippen molar-refractivity contribution in [2.24, 2.45) is 0 Å². The number of carbonyl (C=O) groups excluding carboxylic acids is 1. The molecular weight excluding hydrogens is 334 g/mol. The Bertz CT molecular complexity index is 694. The number of hydrogen-bond donors (Lipinski definition) is 1. The van der Waals surface area contributed by atoms with Crippen LogP contribution in [0.4, 0.5) is 13.6 Å². The molecule has 2 amide bonds. The number of nitrogens with one attached hydrogen (secondary N) is 1. The van der Waals surface area contributed by atoms with Crippen molar-refractivity contribution < 1.29 is 18.3 Å². The molecule has 1 saturated heterocycles. The summed E-state index contributed by atoms with van der Waals surface area (Å²) in [6.45, 7) is 1.09. The summed E-state index contributed by atoms with van der Waals surface area (Å²) in [7, 11) is 0. The molecule has 1 unspecified atom stereocenters. The van der Waals surface area contributed by atoms with Gasteiger partial charge in [-0.25, -0.2) is 13.6 Å². The quantitative estimate of drug-likeness (QED) is 0.828. The minimum Gasteiger partial charge on any atom is -0.489 e. The molecule has 1 atom stereocenters. The highest BCUT2D eigenvalue weighted by Crippen LogP contribution is 2.34. The first-order valence-corrected chi connectivity index (χ1v) is 8.69. The first-order valence-electron chi connectivity index (χ1n) is 7.81.